The molecule has 0 radical (unpaired) electrons. The lowest BCUT2D eigenvalue weighted by atomic mass is 10.0. The minimum absolute atomic E-state index is 0.118. The van der Waals surface area contributed by atoms with E-state index in [1.807, 2.05) is 0 Å². The summed E-state index contributed by atoms with van der Waals surface area (Å²) in [6.07, 6.45) is 3.92. The maximum absolute atomic E-state index is 12.8. The van der Waals surface area contributed by atoms with Crippen molar-refractivity contribution >= 4 is 46.6 Å². The van der Waals surface area contributed by atoms with Crippen LogP contribution in [0.1, 0.15) is 38.5 Å². The zero-order valence-corrected chi connectivity index (χ0v) is 15.8. The number of amides is 3. The summed E-state index contributed by atoms with van der Waals surface area (Å²) < 4.78 is 0. The van der Waals surface area contributed by atoms with Gasteiger partial charge in [0.15, 0.2) is 0 Å². The molecule has 0 aromatic heterocycles. The number of nitrogens with zero attached hydrogens (tertiary/aromatic N) is 1. The number of rotatable bonds is 3. The van der Waals surface area contributed by atoms with Crippen LogP contribution in [0, 0.1) is 0 Å². The van der Waals surface area contributed by atoms with Crippen LogP contribution in [0.3, 0.4) is 0 Å². The van der Waals surface area contributed by atoms with E-state index >= 15 is 0 Å². The number of carbonyl (C=O) groups excluding carboxylic acids is 3. The molecule has 2 aliphatic heterocycles. The fourth-order valence-corrected chi connectivity index (χ4v) is 3.90. The topological polar surface area (TPSA) is 78.5 Å². The lowest BCUT2D eigenvalue weighted by Crippen LogP contribution is -2.56. The molecule has 140 valence electrons. The van der Waals surface area contributed by atoms with Gasteiger partial charge in [-0.25, -0.2) is 0 Å². The van der Waals surface area contributed by atoms with Gasteiger partial charge in [0.1, 0.15) is 12.1 Å². The lowest BCUT2D eigenvalue weighted by Gasteiger charge is -2.33. The molecule has 2 fully saturated rings. The Kier molecular flexibility index (Phi) is 6.04. The van der Waals surface area contributed by atoms with E-state index < -0.39 is 12.1 Å². The van der Waals surface area contributed by atoms with Gasteiger partial charge in [-0.2, -0.15) is 0 Å². The second-order valence-electron chi connectivity index (χ2n) is 6.65. The molecule has 2 N–H and O–H groups in total. The van der Waals surface area contributed by atoms with Crippen LogP contribution in [0.5, 0.6) is 0 Å². The first-order valence-corrected chi connectivity index (χ1v) is 9.57. The number of benzene rings is 1. The highest BCUT2D eigenvalue weighted by molar-refractivity contribution is 6.36. The van der Waals surface area contributed by atoms with Crippen molar-refractivity contribution in [1.29, 1.82) is 0 Å². The monoisotopic (exact) mass is 397 g/mol. The SMILES string of the molecule is O=C1CCCCC(C(=O)NC2CCCN(c3ccc(Cl)cc3Cl)C2=O)N1. The first-order chi connectivity index (χ1) is 12.5. The molecular weight excluding hydrogens is 377 g/mol. The molecular formula is C18H21Cl2N3O3. The van der Waals surface area contributed by atoms with Crippen LogP contribution >= 0.6 is 23.2 Å². The molecule has 3 amide bonds. The van der Waals surface area contributed by atoms with E-state index in [4.69, 9.17) is 23.2 Å². The van der Waals surface area contributed by atoms with Crippen molar-refractivity contribution in [3.8, 4) is 0 Å². The van der Waals surface area contributed by atoms with Gasteiger partial charge in [0.25, 0.3) is 0 Å². The summed E-state index contributed by atoms with van der Waals surface area (Å²) in [6, 6.07) is 3.78. The molecule has 1 aromatic carbocycles. The first kappa shape index (κ1) is 19.0. The van der Waals surface area contributed by atoms with E-state index in [-0.39, 0.29) is 17.7 Å². The molecule has 0 saturated carbocycles. The number of carbonyl (C=O) groups is 3. The normalized spacial score (nSPS) is 24.0. The molecule has 26 heavy (non-hydrogen) atoms. The molecule has 2 atom stereocenters. The lowest BCUT2D eigenvalue weighted by molar-refractivity contribution is -0.131. The van der Waals surface area contributed by atoms with Crippen LogP contribution in [0.15, 0.2) is 18.2 Å². The quantitative estimate of drug-likeness (QED) is 0.822. The summed E-state index contributed by atoms with van der Waals surface area (Å²) in [5, 5.41) is 6.43. The number of nitrogens with one attached hydrogen (secondary N) is 2. The van der Waals surface area contributed by atoms with E-state index in [1.165, 1.54) is 0 Å². The molecule has 0 aliphatic carbocycles. The number of hydrogen-bond acceptors (Lipinski definition) is 3. The zero-order valence-electron chi connectivity index (χ0n) is 14.3. The second kappa shape index (κ2) is 8.27. The molecule has 8 heteroatoms. The van der Waals surface area contributed by atoms with Crippen LogP contribution in [-0.4, -0.2) is 36.3 Å². The molecule has 2 aliphatic rings. The molecule has 2 unspecified atom stereocenters. The second-order valence-corrected chi connectivity index (χ2v) is 7.50. The summed E-state index contributed by atoms with van der Waals surface area (Å²) in [4.78, 5) is 38.6. The molecule has 3 rings (SSSR count). The highest BCUT2D eigenvalue weighted by Crippen LogP contribution is 2.31. The smallest absolute Gasteiger partial charge is 0.249 e. The van der Waals surface area contributed by atoms with Crippen molar-refractivity contribution in [2.75, 3.05) is 11.4 Å². The predicted octanol–water partition coefficient (Wildman–Crippen LogP) is 2.66. The first-order valence-electron chi connectivity index (χ1n) is 8.82. The van der Waals surface area contributed by atoms with Gasteiger partial charge in [0.05, 0.1) is 10.7 Å². The van der Waals surface area contributed by atoms with E-state index in [0.717, 1.165) is 19.3 Å². The summed E-state index contributed by atoms with van der Waals surface area (Å²) in [5.41, 5.74) is 0.586. The molecule has 1 aromatic rings. The standard InChI is InChI=1S/C18H21Cl2N3O3/c19-11-7-8-15(12(20)10-11)23-9-3-5-14(18(23)26)22-17(25)13-4-1-2-6-16(24)21-13/h7-8,10,13-14H,1-6,9H2,(H,21,24)(H,22,25). The molecule has 2 saturated heterocycles. The third-order valence-electron chi connectivity index (χ3n) is 4.75. The van der Waals surface area contributed by atoms with Gasteiger partial charge < -0.3 is 15.5 Å². The fraction of sp³-hybridized carbons (Fsp3) is 0.500. The largest absolute Gasteiger partial charge is 0.344 e. The number of hydrogen-bond donors (Lipinski definition) is 2. The van der Waals surface area contributed by atoms with Crippen molar-refractivity contribution < 1.29 is 14.4 Å². The van der Waals surface area contributed by atoms with E-state index in [2.05, 4.69) is 10.6 Å². The Hall–Kier alpha value is -1.79. The van der Waals surface area contributed by atoms with Gasteiger partial charge in [-0.3, -0.25) is 14.4 Å². The summed E-state index contributed by atoms with van der Waals surface area (Å²) in [6.45, 7) is 0.534. The van der Waals surface area contributed by atoms with Crippen LogP contribution < -0.4 is 15.5 Å². The predicted molar refractivity (Wildman–Crippen MR) is 100 cm³/mol. The minimum Gasteiger partial charge on any atom is -0.344 e. The highest BCUT2D eigenvalue weighted by Gasteiger charge is 2.33. The summed E-state index contributed by atoms with van der Waals surface area (Å²) in [5.74, 6) is -0.622. The fourth-order valence-electron chi connectivity index (χ4n) is 3.39. The Labute approximate surface area is 162 Å². The van der Waals surface area contributed by atoms with Crippen LogP contribution in [0.2, 0.25) is 10.0 Å². The van der Waals surface area contributed by atoms with Gasteiger partial charge in [-0.1, -0.05) is 29.6 Å². The molecule has 2 heterocycles. The van der Waals surface area contributed by atoms with Crippen molar-refractivity contribution in [2.45, 2.75) is 50.6 Å². The van der Waals surface area contributed by atoms with Gasteiger partial charge in [-0.05, 0) is 43.9 Å². The molecule has 0 bridgehead atoms. The summed E-state index contributed by atoms with van der Waals surface area (Å²) in [7, 11) is 0. The number of halogens is 2. The third-order valence-corrected chi connectivity index (χ3v) is 5.29. The minimum atomic E-state index is -0.622. The van der Waals surface area contributed by atoms with Crippen LogP contribution in [0.4, 0.5) is 5.69 Å². The van der Waals surface area contributed by atoms with Crippen LogP contribution in [-0.2, 0) is 14.4 Å². The Morgan fingerprint density at radius 3 is 2.73 bits per heavy atom. The van der Waals surface area contributed by atoms with E-state index in [0.29, 0.717) is 41.5 Å². The Morgan fingerprint density at radius 1 is 1.15 bits per heavy atom. The maximum atomic E-state index is 12.8. The molecule has 6 nitrogen and oxygen atoms in total. The van der Waals surface area contributed by atoms with Crippen molar-refractivity contribution in [1.82, 2.24) is 10.6 Å². The average molecular weight is 398 g/mol. The van der Waals surface area contributed by atoms with Crippen molar-refractivity contribution in [2.24, 2.45) is 0 Å². The average Bonchev–Trinajstić information content (AvgIpc) is 2.82. The third kappa shape index (κ3) is 4.30. The summed E-state index contributed by atoms with van der Waals surface area (Å²) >= 11 is 12.1. The van der Waals surface area contributed by atoms with Crippen molar-refractivity contribution in [3.63, 3.8) is 0 Å². The van der Waals surface area contributed by atoms with Gasteiger partial charge >= 0.3 is 0 Å². The molecule has 0 spiro atoms. The Morgan fingerprint density at radius 2 is 1.96 bits per heavy atom. The zero-order chi connectivity index (χ0) is 18.7. The Bertz CT molecular complexity index is 726. The Balaban J connectivity index is 1.69. The number of anilines is 1. The highest BCUT2D eigenvalue weighted by atomic mass is 35.5. The van der Waals surface area contributed by atoms with E-state index in [1.54, 1.807) is 23.1 Å². The van der Waals surface area contributed by atoms with Gasteiger partial charge in [0.2, 0.25) is 17.7 Å². The van der Waals surface area contributed by atoms with Gasteiger partial charge in [0, 0.05) is 18.0 Å². The van der Waals surface area contributed by atoms with Crippen LogP contribution in [0.25, 0.3) is 0 Å². The van der Waals surface area contributed by atoms with Crippen molar-refractivity contribution in [3.05, 3.63) is 28.2 Å². The number of piperidine rings is 1. The van der Waals surface area contributed by atoms with Gasteiger partial charge in [-0.15, -0.1) is 0 Å². The maximum Gasteiger partial charge on any atom is 0.249 e. The van der Waals surface area contributed by atoms with E-state index in [9.17, 15) is 14.4 Å².